The molecule has 0 spiro atoms. The molecule has 5 nitrogen and oxygen atoms in total. The van der Waals surface area contributed by atoms with Crippen molar-refractivity contribution in [3.8, 4) is 0 Å². The topological polar surface area (TPSA) is 68.0 Å². The molecular weight excluding hydrogens is 218 g/mol. The zero-order valence-corrected chi connectivity index (χ0v) is 10.1. The lowest BCUT2D eigenvalue weighted by molar-refractivity contribution is -0.142. The van der Waals surface area contributed by atoms with E-state index in [-0.39, 0.29) is 5.92 Å². The van der Waals surface area contributed by atoms with Crippen molar-refractivity contribution in [2.75, 3.05) is 0 Å². The number of hydrogen-bond donors (Lipinski definition) is 1. The minimum Gasteiger partial charge on any atom is -0.480 e. The van der Waals surface area contributed by atoms with E-state index in [2.05, 4.69) is 9.97 Å². The largest absolute Gasteiger partial charge is 0.480 e. The van der Waals surface area contributed by atoms with Crippen LogP contribution in [0.1, 0.15) is 25.5 Å². The number of aromatic nitrogens is 3. The first-order valence-electron chi connectivity index (χ1n) is 5.52. The smallest absolute Gasteiger partial charge is 0.327 e. The number of imidazole rings is 1. The van der Waals surface area contributed by atoms with Crippen LogP contribution < -0.4 is 0 Å². The lowest BCUT2D eigenvalue weighted by atomic mass is 10.0. The van der Waals surface area contributed by atoms with Gasteiger partial charge in [0.05, 0.1) is 6.33 Å². The van der Waals surface area contributed by atoms with E-state index in [0.29, 0.717) is 5.65 Å². The van der Waals surface area contributed by atoms with Crippen LogP contribution in [0.25, 0.3) is 11.2 Å². The van der Waals surface area contributed by atoms with Gasteiger partial charge in [0.1, 0.15) is 11.6 Å². The van der Waals surface area contributed by atoms with Crippen LogP contribution in [0.2, 0.25) is 0 Å². The summed E-state index contributed by atoms with van der Waals surface area (Å²) in [7, 11) is 0. The molecule has 1 atom stereocenters. The van der Waals surface area contributed by atoms with Gasteiger partial charge >= 0.3 is 5.97 Å². The second-order valence-electron chi connectivity index (χ2n) is 4.53. The van der Waals surface area contributed by atoms with E-state index in [0.717, 1.165) is 11.1 Å². The van der Waals surface area contributed by atoms with E-state index >= 15 is 0 Å². The molecule has 5 heteroatoms. The van der Waals surface area contributed by atoms with Gasteiger partial charge in [-0.25, -0.2) is 14.8 Å². The number of nitrogens with zero attached hydrogens (tertiary/aromatic N) is 3. The van der Waals surface area contributed by atoms with Crippen molar-refractivity contribution < 1.29 is 9.90 Å². The molecule has 2 heterocycles. The molecular formula is C12H15N3O2. The summed E-state index contributed by atoms with van der Waals surface area (Å²) in [5.41, 5.74) is 2.37. The number of rotatable bonds is 3. The summed E-state index contributed by atoms with van der Waals surface area (Å²) in [4.78, 5) is 19.7. The number of hydrogen-bond acceptors (Lipinski definition) is 3. The van der Waals surface area contributed by atoms with E-state index in [1.54, 1.807) is 17.1 Å². The lowest BCUT2D eigenvalue weighted by Gasteiger charge is -2.17. The molecule has 0 aliphatic heterocycles. The molecule has 0 aliphatic carbocycles. The fourth-order valence-electron chi connectivity index (χ4n) is 1.95. The van der Waals surface area contributed by atoms with Gasteiger partial charge in [-0.3, -0.25) is 0 Å². The quantitative estimate of drug-likeness (QED) is 0.880. The van der Waals surface area contributed by atoms with Gasteiger partial charge in [-0.1, -0.05) is 13.8 Å². The lowest BCUT2D eigenvalue weighted by Crippen LogP contribution is -2.23. The average molecular weight is 233 g/mol. The molecule has 1 N–H and O–H groups in total. The number of fused-ring (bicyclic) bond motifs is 1. The first kappa shape index (κ1) is 11.6. The van der Waals surface area contributed by atoms with E-state index in [1.165, 1.54) is 0 Å². The Morgan fingerprint density at radius 2 is 2.12 bits per heavy atom. The number of carboxylic acid groups (broad SMARTS) is 1. The Labute approximate surface area is 99.1 Å². The summed E-state index contributed by atoms with van der Waals surface area (Å²) in [6.07, 6.45) is 3.27. The molecule has 0 saturated carbocycles. The van der Waals surface area contributed by atoms with Crippen molar-refractivity contribution in [1.29, 1.82) is 0 Å². The van der Waals surface area contributed by atoms with E-state index in [9.17, 15) is 9.90 Å². The summed E-state index contributed by atoms with van der Waals surface area (Å²) < 4.78 is 1.63. The first-order valence-corrected chi connectivity index (χ1v) is 5.52. The molecule has 1 unspecified atom stereocenters. The second kappa shape index (κ2) is 4.16. The van der Waals surface area contributed by atoms with Gasteiger partial charge in [0.2, 0.25) is 0 Å². The highest BCUT2D eigenvalue weighted by molar-refractivity contribution is 5.77. The van der Waals surface area contributed by atoms with Crippen LogP contribution in [-0.4, -0.2) is 25.6 Å². The Morgan fingerprint density at radius 3 is 2.71 bits per heavy atom. The predicted molar refractivity (Wildman–Crippen MR) is 63.8 cm³/mol. The average Bonchev–Trinajstić information content (AvgIpc) is 2.60. The molecule has 0 saturated heterocycles. The van der Waals surface area contributed by atoms with Crippen molar-refractivity contribution in [1.82, 2.24) is 14.5 Å². The maximum Gasteiger partial charge on any atom is 0.327 e. The molecule has 0 amide bonds. The van der Waals surface area contributed by atoms with Gasteiger partial charge in [-0.15, -0.1) is 0 Å². The monoisotopic (exact) mass is 233 g/mol. The summed E-state index contributed by atoms with van der Waals surface area (Å²) in [5, 5.41) is 9.25. The number of aryl methyl sites for hydroxylation is 1. The van der Waals surface area contributed by atoms with Gasteiger partial charge in [-0.2, -0.15) is 0 Å². The van der Waals surface area contributed by atoms with Gasteiger partial charge in [-0.05, 0) is 24.5 Å². The van der Waals surface area contributed by atoms with E-state index in [1.807, 2.05) is 26.8 Å². The molecule has 17 heavy (non-hydrogen) atoms. The number of carboxylic acids is 1. The maximum absolute atomic E-state index is 11.3. The van der Waals surface area contributed by atoms with Crippen LogP contribution in [0.15, 0.2) is 18.6 Å². The second-order valence-corrected chi connectivity index (χ2v) is 4.53. The van der Waals surface area contributed by atoms with Crippen molar-refractivity contribution in [2.24, 2.45) is 5.92 Å². The Balaban J connectivity index is 2.58. The Bertz CT molecular complexity index is 560. The van der Waals surface area contributed by atoms with Gasteiger partial charge in [0.25, 0.3) is 0 Å². The summed E-state index contributed by atoms with van der Waals surface area (Å²) in [6, 6.07) is 1.27. The van der Waals surface area contributed by atoms with Crippen molar-refractivity contribution in [3.05, 3.63) is 24.2 Å². The highest BCUT2D eigenvalue weighted by Gasteiger charge is 2.25. The van der Waals surface area contributed by atoms with Crippen LogP contribution in [0.3, 0.4) is 0 Å². The van der Waals surface area contributed by atoms with Gasteiger partial charge in [0.15, 0.2) is 5.65 Å². The standard InChI is InChI=1S/C12H15N3O2/c1-7(2)10(12(16)17)15-6-14-9-4-8(3)5-13-11(9)15/h4-7,10H,1-3H3,(H,16,17). The molecule has 2 aromatic rings. The van der Waals surface area contributed by atoms with Crippen LogP contribution in [-0.2, 0) is 4.79 Å². The maximum atomic E-state index is 11.3. The van der Waals surface area contributed by atoms with Crippen LogP contribution in [0.5, 0.6) is 0 Å². The first-order chi connectivity index (χ1) is 8.00. The molecule has 0 aromatic carbocycles. The molecule has 2 aromatic heterocycles. The van der Waals surface area contributed by atoms with Crippen LogP contribution in [0, 0.1) is 12.8 Å². The molecule has 90 valence electrons. The Hall–Kier alpha value is -1.91. The van der Waals surface area contributed by atoms with Crippen molar-refractivity contribution >= 4 is 17.1 Å². The zero-order chi connectivity index (χ0) is 12.6. The molecule has 0 radical (unpaired) electrons. The van der Waals surface area contributed by atoms with Crippen molar-refractivity contribution in [3.63, 3.8) is 0 Å². The van der Waals surface area contributed by atoms with Gasteiger partial charge < -0.3 is 9.67 Å². The van der Waals surface area contributed by atoms with Crippen LogP contribution in [0.4, 0.5) is 0 Å². The number of aliphatic carboxylic acids is 1. The summed E-state index contributed by atoms with van der Waals surface area (Å²) in [6.45, 7) is 5.68. The molecule has 0 aliphatic rings. The van der Waals surface area contributed by atoms with Crippen molar-refractivity contribution in [2.45, 2.75) is 26.8 Å². The zero-order valence-electron chi connectivity index (χ0n) is 10.1. The van der Waals surface area contributed by atoms with E-state index < -0.39 is 12.0 Å². The third kappa shape index (κ3) is 2.00. The predicted octanol–water partition coefficient (Wildman–Crippen LogP) is 2.02. The van der Waals surface area contributed by atoms with E-state index in [4.69, 9.17) is 0 Å². The number of carbonyl (C=O) groups is 1. The summed E-state index contributed by atoms with van der Waals surface area (Å²) >= 11 is 0. The highest BCUT2D eigenvalue weighted by Crippen LogP contribution is 2.22. The van der Waals surface area contributed by atoms with Gasteiger partial charge in [0, 0.05) is 6.20 Å². The third-order valence-electron chi connectivity index (χ3n) is 2.73. The number of pyridine rings is 1. The Morgan fingerprint density at radius 1 is 1.41 bits per heavy atom. The normalized spacial score (nSPS) is 13.2. The third-order valence-corrected chi connectivity index (χ3v) is 2.73. The fraction of sp³-hybridized carbons (Fsp3) is 0.417. The fourth-order valence-corrected chi connectivity index (χ4v) is 1.95. The molecule has 2 rings (SSSR count). The van der Waals surface area contributed by atoms with Crippen LogP contribution >= 0.6 is 0 Å². The highest BCUT2D eigenvalue weighted by atomic mass is 16.4. The molecule has 0 bridgehead atoms. The minimum absolute atomic E-state index is 0.0204. The SMILES string of the molecule is Cc1cnc2c(c1)ncn2C(C(=O)O)C(C)C. The Kier molecular flexibility index (Phi) is 2.83. The minimum atomic E-state index is -0.860. The summed E-state index contributed by atoms with van der Waals surface area (Å²) in [5.74, 6) is -0.880. The molecule has 0 fully saturated rings.